The van der Waals surface area contributed by atoms with Crippen molar-refractivity contribution in [3.8, 4) is 0 Å². The van der Waals surface area contributed by atoms with E-state index in [0.29, 0.717) is 11.3 Å². The first-order valence-electron chi connectivity index (χ1n) is 4.56. The maximum atomic E-state index is 11.5. The van der Waals surface area contributed by atoms with E-state index in [1.165, 1.54) is 17.6 Å². The van der Waals surface area contributed by atoms with Crippen LogP contribution in [0.25, 0.3) is 0 Å². The van der Waals surface area contributed by atoms with Crippen molar-refractivity contribution >= 4 is 23.5 Å². The molecule has 1 aromatic carbocycles. The Bertz CT molecular complexity index is 479. The van der Waals surface area contributed by atoms with E-state index in [1.807, 2.05) is 6.07 Å². The summed E-state index contributed by atoms with van der Waals surface area (Å²) in [5.41, 5.74) is 6.36. The Morgan fingerprint density at radius 2 is 2.25 bits per heavy atom. The molecule has 1 radical (unpaired) electrons. The third-order valence-electron chi connectivity index (χ3n) is 1.81. The Kier molecular flexibility index (Phi) is 3.40. The van der Waals surface area contributed by atoms with Crippen molar-refractivity contribution in [2.75, 3.05) is 0 Å². The number of nitrogens with one attached hydrogen (secondary N) is 1. The molecule has 0 saturated carbocycles. The molecule has 0 aliphatic rings. The normalized spacial score (nSPS) is 10.5. The zero-order chi connectivity index (χ0) is 11.2. The highest BCUT2D eigenvalue weighted by molar-refractivity contribution is 7.07. The van der Waals surface area contributed by atoms with Crippen LogP contribution < -0.4 is 5.43 Å². The number of hydrogen-bond acceptors (Lipinski definition) is 4. The lowest BCUT2D eigenvalue weighted by Gasteiger charge is -1.97. The molecule has 2 rings (SSSR count). The van der Waals surface area contributed by atoms with Gasteiger partial charge in [-0.3, -0.25) is 4.79 Å². The molecule has 0 fully saturated rings. The number of hydrazone groups is 1. The van der Waals surface area contributed by atoms with Crippen LogP contribution in [0.1, 0.15) is 16.1 Å². The number of benzene rings is 1. The molecular weight excluding hydrogens is 222 g/mol. The summed E-state index contributed by atoms with van der Waals surface area (Å²) in [4.78, 5) is 15.4. The summed E-state index contributed by atoms with van der Waals surface area (Å²) in [5.74, 6) is -0.240. The lowest BCUT2D eigenvalue weighted by atomic mass is 10.2. The maximum absolute atomic E-state index is 11.5. The van der Waals surface area contributed by atoms with Gasteiger partial charge in [0, 0.05) is 10.9 Å². The largest absolute Gasteiger partial charge is 0.271 e. The third-order valence-corrected chi connectivity index (χ3v) is 2.36. The van der Waals surface area contributed by atoms with E-state index in [9.17, 15) is 4.79 Å². The van der Waals surface area contributed by atoms with Gasteiger partial charge < -0.3 is 0 Å². The first kappa shape index (κ1) is 10.5. The molecule has 0 aliphatic carbocycles. The van der Waals surface area contributed by atoms with E-state index < -0.39 is 0 Å². The Morgan fingerprint density at radius 1 is 1.44 bits per heavy atom. The van der Waals surface area contributed by atoms with Gasteiger partial charge in [-0.05, 0) is 12.1 Å². The van der Waals surface area contributed by atoms with Gasteiger partial charge in [0.05, 0.1) is 11.9 Å². The van der Waals surface area contributed by atoms with Gasteiger partial charge in [0.1, 0.15) is 0 Å². The number of thiazole rings is 1. The molecule has 0 atom stereocenters. The highest BCUT2D eigenvalue weighted by atomic mass is 32.1. The minimum Gasteiger partial charge on any atom is -0.267 e. The number of aromatic nitrogens is 1. The smallest absolute Gasteiger partial charge is 0.267 e. The maximum Gasteiger partial charge on any atom is 0.271 e. The fourth-order valence-corrected chi connectivity index (χ4v) is 1.51. The molecule has 4 nitrogen and oxygen atoms in total. The number of rotatable bonds is 3. The Labute approximate surface area is 96.7 Å². The van der Waals surface area contributed by atoms with Crippen LogP contribution in [0.15, 0.2) is 40.8 Å². The summed E-state index contributed by atoms with van der Waals surface area (Å²) >= 11 is 1.35. The van der Waals surface area contributed by atoms with Crippen molar-refractivity contribution in [1.82, 2.24) is 10.4 Å². The fraction of sp³-hybridized carbons (Fsp3) is 0. The molecule has 1 heterocycles. The van der Waals surface area contributed by atoms with E-state index in [0.717, 1.165) is 0 Å². The molecule has 0 unspecified atom stereocenters. The minimum atomic E-state index is -0.240. The van der Waals surface area contributed by atoms with Gasteiger partial charge in [-0.15, -0.1) is 11.3 Å². The number of carbonyl (C=O) groups excluding carboxylic acids is 1. The first-order chi connectivity index (χ1) is 7.86. The summed E-state index contributed by atoms with van der Waals surface area (Å²) in [6, 6.07) is 8.90. The van der Waals surface area contributed by atoms with Gasteiger partial charge in [0.15, 0.2) is 5.51 Å². The van der Waals surface area contributed by atoms with E-state index in [1.54, 1.807) is 29.6 Å². The van der Waals surface area contributed by atoms with Crippen molar-refractivity contribution in [2.45, 2.75) is 0 Å². The lowest BCUT2D eigenvalue weighted by molar-refractivity contribution is 0.0955. The average Bonchev–Trinajstić information content (AvgIpc) is 2.83. The quantitative estimate of drug-likeness (QED) is 0.644. The predicted molar refractivity (Wildman–Crippen MR) is 62.5 cm³/mol. The van der Waals surface area contributed by atoms with Crippen molar-refractivity contribution in [3.05, 3.63) is 52.5 Å². The summed E-state index contributed by atoms with van der Waals surface area (Å²) in [5, 5.41) is 5.58. The number of amides is 1. The highest BCUT2D eigenvalue weighted by Gasteiger charge is 2.01. The molecule has 16 heavy (non-hydrogen) atoms. The predicted octanol–water partition coefficient (Wildman–Crippen LogP) is 1.71. The third kappa shape index (κ3) is 2.74. The van der Waals surface area contributed by atoms with Gasteiger partial charge in [-0.1, -0.05) is 18.2 Å². The van der Waals surface area contributed by atoms with Crippen LogP contribution in [0.4, 0.5) is 0 Å². The second kappa shape index (κ2) is 5.18. The second-order valence-electron chi connectivity index (χ2n) is 2.93. The van der Waals surface area contributed by atoms with Crippen molar-refractivity contribution in [2.24, 2.45) is 5.10 Å². The zero-order valence-corrected chi connectivity index (χ0v) is 9.07. The van der Waals surface area contributed by atoms with Gasteiger partial charge in [0.2, 0.25) is 0 Å². The minimum absolute atomic E-state index is 0.240. The van der Waals surface area contributed by atoms with Crippen LogP contribution >= 0.6 is 11.3 Å². The Hall–Kier alpha value is -2.01. The lowest BCUT2D eigenvalue weighted by Crippen LogP contribution is -2.17. The van der Waals surface area contributed by atoms with Crippen molar-refractivity contribution in [1.29, 1.82) is 0 Å². The summed E-state index contributed by atoms with van der Waals surface area (Å²) < 4.78 is 0. The summed E-state index contributed by atoms with van der Waals surface area (Å²) in [6.45, 7) is 0. The van der Waals surface area contributed by atoms with E-state index in [2.05, 4.69) is 21.0 Å². The van der Waals surface area contributed by atoms with Crippen LogP contribution in [-0.4, -0.2) is 17.1 Å². The van der Waals surface area contributed by atoms with Crippen LogP contribution in [-0.2, 0) is 0 Å². The van der Waals surface area contributed by atoms with E-state index in [4.69, 9.17) is 0 Å². The van der Waals surface area contributed by atoms with Gasteiger partial charge in [-0.2, -0.15) is 5.10 Å². The molecule has 0 saturated heterocycles. The molecule has 79 valence electrons. The number of nitrogens with zero attached hydrogens (tertiary/aromatic N) is 2. The standard InChI is InChI=1S/C11H8N3OS/c15-11(9-4-2-1-3-5-9)14-13-6-10-7-16-8-12-10/h1-7H,(H,14,15)/b13-6+. The Balaban J connectivity index is 1.94. The summed E-state index contributed by atoms with van der Waals surface area (Å²) in [6.07, 6.45) is 1.48. The van der Waals surface area contributed by atoms with Gasteiger partial charge in [-0.25, -0.2) is 10.4 Å². The van der Waals surface area contributed by atoms with Gasteiger partial charge >= 0.3 is 0 Å². The fourth-order valence-electron chi connectivity index (χ4n) is 1.06. The molecule has 0 aliphatic heterocycles. The van der Waals surface area contributed by atoms with E-state index in [-0.39, 0.29) is 5.91 Å². The molecule has 5 heteroatoms. The van der Waals surface area contributed by atoms with Crippen LogP contribution in [0, 0.1) is 5.51 Å². The number of carbonyl (C=O) groups is 1. The summed E-state index contributed by atoms with van der Waals surface area (Å²) in [7, 11) is 0. The SMILES string of the molecule is O=C(N/N=C/c1cs[c]n1)c1ccccc1. The molecule has 1 aromatic heterocycles. The van der Waals surface area contributed by atoms with Crippen molar-refractivity contribution in [3.63, 3.8) is 0 Å². The van der Waals surface area contributed by atoms with Crippen molar-refractivity contribution < 1.29 is 4.79 Å². The second-order valence-corrected chi connectivity index (χ2v) is 3.58. The Morgan fingerprint density at radius 3 is 2.94 bits per heavy atom. The molecule has 2 aromatic rings. The van der Waals surface area contributed by atoms with Gasteiger partial charge in [0.25, 0.3) is 5.91 Å². The van der Waals surface area contributed by atoms with Crippen LogP contribution in [0.2, 0.25) is 0 Å². The van der Waals surface area contributed by atoms with Crippen LogP contribution in [0.5, 0.6) is 0 Å². The zero-order valence-electron chi connectivity index (χ0n) is 8.25. The highest BCUT2D eigenvalue weighted by Crippen LogP contribution is 1.98. The molecule has 1 N–H and O–H groups in total. The van der Waals surface area contributed by atoms with Crippen LogP contribution in [0.3, 0.4) is 0 Å². The molecule has 1 amide bonds. The topological polar surface area (TPSA) is 54.4 Å². The number of hydrogen-bond donors (Lipinski definition) is 1. The average molecular weight is 230 g/mol. The van der Waals surface area contributed by atoms with E-state index >= 15 is 0 Å². The monoisotopic (exact) mass is 230 g/mol. The first-order valence-corrected chi connectivity index (χ1v) is 5.44. The molecule has 0 spiro atoms. The molecule has 0 bridgehead atoms. The molecular formula is C11H8N3OS.